The van der Waals surface area contributed by atoms with Gasteiger partial charge in [-0.3, -0.25) is 0 Å². The van der Waals surface area contributed by atoms with E-state index in [0.29, 0.717) is 0 Å². The first kappa shape index (κ1) is 17.1. The van der Waals surface area contributed by atoms with Crippen molar-refractivity contribution < 1.29 is 4.74 Å². The smallest absolute Gasteiger partial charge is 0.151 e. The number of hydrogen-bond acceptors (Lipinski definition) is 8. The molecule has 2 aliphatic heterocycles. The van der Waals surface area contributed by atoms with Crippen LogP contribution in [-0.4, -0.2) is 72.6 Å². The fourth-order valence-electron chi connectivity index (χ4n) is 3.84. The Labute approximate surface area is 163 Å². The minimum atomic E-state index is 0.753. The molecule has 0 atom stereocenters. The third kappa shape index (κ3) is 3.31. The second-order valence-corrected chi connectivity index (χ2v) is 7.04. The van der Waals surface area contributed by atoms with Gasteiger partial charge in [0.05, 0.1) is 18.7 Å². The summed E-state index contributed by atoms with van der Waals surface area (Å²) >= 11 is 0. The van der Waals surface area contributed by atoms with Crippen molar-refractivity contribution in [1.29, 1.82) is 0 Å². The van der Waals surface area contributed by atoms with Crippen LogP contribution in [0, 0.1) is 0 Å². The van der Waals surface area contributed by atoms with Gasteiger partial charge in [0, 0.05) is 44.7 Å². The summed E-state index contributed by atoms with van der Waals surface area (Å²) in [6.45, 7) is 6.83. The van der Waals surface area contributed by atoms with Crippen molar-refractivity contribution in [2.24, 2.45) is 0 Å². The lowest BCUT2D eigenvalue weighted by atomic mass is 10.2. The predicted molar refractivity (Wildman–Crippen MR) is 109 cm³/mol. The molecule has 0 radical (unpaired) electrons. The molecule has 0 unspecified atom stereocenters. The maximum Gasteiger partial charge on any atom is 0.151 e. The summed E-state index contributed by atoms with van der Waals surface area (Å²) in [5.74, 6) is 2.88. The molecular weight excluding hydrogens is 354 g/mol. The highest BCUT2D eigenvalue weighted by Gasteiger charge is 2.21. The van der Waals surface area contributed by atoms with Crippen LogP contribution in [0.2, 0.25) is 0 Å². The molecule has 2 saturated heterocycles. The van der Waals surface area contributed by atoms with E-state index < -0.39 is 0 Å². The summed E-state index contributed by atoms with van der Waals surface area (Å²) in [6.07, 6.45) is 1.65. The van der Waals surface area contributed by atoms with Gasteiger partial charge in [-0.2, -0.15) is 0 Å². The molecule has 2 aromatic heterocycles. The molecular formula is C20H23N7O. The molecule has 0 amide bonds. The summed E-state index contributed by atoms with van der Waals surface area (Å²) in [7, 11) is 0. The lowest BCUT2D eigenvalue weighted by molar-refractivity contribution is 0.122. The van der Waals surface area contributed by atoms with E-state index >= 15 is 0 Å². The Morgan fingerprint density at radius 3 is 2.04 bits per heavy atom. The summed E-state index contributed by atoms with van der Waals surface area (Å²) < 4.78 is 5.40. The predicted octanol–water partition coefficient (Wildman–Crippen LogP) is 1.58. The normalized spacial score (nSPS) is 17.9. The van der Waals surface area contributed by atoms with Gasteiger partial charge in [-0.25, -0.2) is 9.97 Å². The molecule has 3 aromatic rings. The number of nitrogens with zero attached hydrogens (tertiary/aromatic N) is 7. The molecule has 2 aliphatic rings. The molecule has 1 aromatic carbocycles. The minimum Gasteiger partial charge on any atom is -0.378 e. The topological polar surface area (TPSA) is 70.5 Å². The lowest BCUT2D eigenvalue weighted by Gasteiger charge is -2.36. The monoisotopic (exact) mass is 377 g/mol. The SMILES string of the molecule is c1ccc2c(N3CCN(c4ccc(N5CCOCC5)nn4)CC3)ncnc2c1. The van der Waals surface area contributed by atoms with Crippen LogP contribution in [-0.2, 0) is 4.74 Å². The van der Waals surface area contributed by atoms with Crippen molar-refractivity contribution in [3.05, 3.63) is 42.7 Å². The average molecular weight is 377 g/mol. The molecule has 0 bridgehead atoms. The van der Waals surface area contributed by atoms with Gasteiger partial charge >= 0.3 is 0 Å². The lowest BCUT2D eigenvalue weighted by Crippen LogP contribution is -2.47. The number of aromatic nitrogens is 4. The van der Waals surface area contributed by atoms with Crippen LogP contribution in [0.1, 0.15) is 0 Å². The Morgan fingerprint density at radius 1 is 0.679 bits per heavy atom. The van der Waals surface area contributed by atoms with Crippen LogP contribution in [0.5, 0.6) is 0 Å². The maximum absolute atomic E-state index is 5.40. The third-order valence-electron chi connectivity index (χ3n) is 5.40. The number of hydrogen-bond donors (Lipinski definition) is 0. The highest BCUT2D eigenvalue weighted by Crippen LogP contribution is 2.24. The van der Waals surface area contributed by atoms with Crippen molar-refractivity contribution in [2.45, 2.75) is 0 Å². The number of para-hydroxylation sites is 1. The first-order valence-electron chi connectivity index (χ1n) is 9.74. The van der Waals surface area contributed by atoms with E-state index in [1.54, 1.807) is 6.33 Å². The Morgan fingerprint density at radius 2 is 1.32 bits per heavy atom. The van der Waals surface area contributed by atoms with Crippen LogP contribution < -0.4 is 14.7 Å². The fraction of sp³-hybridized carbons (Fsp3) is 0.400. The van der Waals surface area contributed by atoms with Gasteiger partial charge in [0.15, 0.2) is 11.6 Å². The molecule has 0 saturated carbocycles. The fourth-order valence-corrected chi connectivity index (χ4v) is 3.84. The summed E-state index contributed by atoms with van der Waals surface area (Å²) in [6, 6.07) is 12.3. The maximum atomic E-state index is 5.40. The molecule has 0 N–H and O–H groups in total. The molecule has 2 fully saturated rings. The summed E-state index contributed by atoms with van der Waals surface area (Å²) in [4.78, 5) is 15.7. The molecule has 5 rings (SSSR count). The number of morpholine rings is 1. The Hall–Kier alpha value is -3.00. The van der Waals surface area contributed by atoms with Crippen molar-refractivity contribution in [3.8, 4) is 0 Å². The highest BCUT2D eigenvalue weighted by molar-refractivity contribution is 5.89. The molecule has 28 heavy (non-hydrogen) atoms. The number of benzene rings is 1. The number of piperazine rings is 1. The highest BCUT2D eigenvalue weighted by atomic mass is 16.5. The quantitative estimate of drug-likeness (QED) is 0.681. The molecule has 144 valence electrons. The van der Waals surface area contributed by atoms with Crippen LogP contribution in [0.15, 0.2) is 42.7 Å². The third-order valence-corrected chi connectivity index (χ3v) is 5.40. The summed E-state index contributed by atoms with van der Waals surface area (Å²) in [5.41, 5.74) is 0.986. The van der Waals surface area contributed by atoms with Gasteiger partial charge in [0.25, 0.3) is 0 Å². The van der Waals surface area contributed by atoms with E-state index in [-0.39, 0.29) is 0 Å². The van der Waals surface area contributed by atoms with E-state index in [0.717, 1.165) is 80.8 Å². The Balaban J connectivity index is 1.27. The van der Waals surface area contributed by atoms with Gasteiger partial charge in [-0.15, -0.1) is 10.2 Å². The first-order valence-corrected chi connectivity index (χ1v) is 9.74. The van der Waals surface area contributed by atoms with Crippen molar-refractivity contribution in [3.63, 3.8) is 0 Å². The largest absolute Gasteiger partial charge is 0.378 e. The zero-order valence-corrected chi connectivity index (χ0v) is 15.7. The van der Waals surface area contributed by atoms with Gasteiger partial charge in [-0.1, -0.05) is 12.1 Å². The zero-order chi connectivity index (χ0) is 18.8. The summed E-state index contributed by atoms with van der Waals surface area (Å²) in [5, 5.41) is 10.0. The molecule has 8 nitrogen and oxygen atoms in total. The number of ether oxygens (including phenoxy) is 1. The van der Waals surface area contributed by atoms with Gasteiger partial charge < -0.3 is 19.4 Å². The number of rotatable bonds is 3. The zero-order valence-electron chi connectivity index (χ0n) is 15.7. The van der Waals surface area contributed by atoms with Gasteiger partial charge in [-0.05, 0) is 24.3 Å². The van der Waals surface area contributed by atoms with E-state index in [9.17, 15) is 0 Å². The molecule has 0 aliphatic carbocycles. The van der Waals surface area contributed by atoms with E-state index in [1.165, 1.54) is 0 Å². The van der Waals surface area contributed by atoms with Crippen LogP contribution in [0.25, 0.3) is 10.9 Å². The van der Waals surface area contributed by atoms with E-state index in [4.69, 9.17) is 4.74 Å². The van der Waals surface area contributed by atoms with E-state index in [2.05, 4.69) is 53.1 Å². The standard InChI is InChI=1S/C20H23N7O/c1-2-4-17-16(3-1)20(22-15-21-17)27-9-7-25(8-10-27)18-5-6-19(24-23-18)26-11-13-28-14-12-26/h1-6,15H,7-14H2. The van der Waals surface area contributed by atoms with Crippen molar-refractivity contribution in [2.75, 3.05) is 67.2 Å². The molecule has 4 heterocycles. The Bertz CT molecular complexity index is 929. The number of fused-ring (bicyclic) bond motifs is 1. The molecule has 8 heteroatoms. The van der Waals surface area contributed by atoms with Crippen LogP contribution >= 0.6 is 0 Å². The van der Waals surface area contributed by atoms with E-state index in [1.807, 2.05) is 18.2 Å². The first-order chi connectivity index (χ1) is 13.9. The Kier molecular flexibility index (Phi) is 4.62. The van der Waals surface area contributed by atoms with Crippen LogP contribution in [0.3, 0.4) is 0 Å². The second kappa shape index (κ2) is 7.55. The molecule has 0 spiro atoms. The van der Waals surface area contributed by atoms with Gasteiger partial charge in [0.2, 0.25) is 0 Å². The van der Waals surface area contributed by atoms with Crippen molar-refractivity contribution in [1.82, 2.24) is 20.2 Å². The van der Waals surface area contributed by atoms with Crippen LogP contribution in [0.4, 0.5) is 17.5 Å². The average Bonchev–Trinajstić information content (AvgIpc) is 2.80. The number of anilines is 3. The van der Waals surface area contributed by atoms with Crippen molar-refractivity contribution >= 4 is 28.4 Å². The second-order valence-electron chi connectivity index (χ2n) is 7.04. The van der Waals surface area contributed by atoms with Gasteiger partial charge in [0.1, 0.15) is 12.1 Å². The minimum absolute atomic E-state index is 0.753.